The predicted molar refractivity (Wildman–Crippen MR) is 156 cm³/mol. The Morgan fingerprint density at radius 1 is 0.872 bits per heavy atom. The quantitative estimate of drug-likeness (QED) is 0.173. The van der Waals surface area contributed by atoms with Crippen LogP contribution in [0.25, 0.3) is 21.8 Å². The predicted octanol–water partition coefficient (Wildman–Crippen LogP) is 5.60. The van der Waals surface area contributed by atoms with Gasteiger partial charge in [-0.3, -0.25) is 14.4 Å². The molecule has 0 atom stereocenters. The Morgan fingerprint density at radius 3 is 2.46 bits per heavy atom. The number of aromatic nitrogens is 2. The summed E-state index contributed by atoms with van der Waals surface area (Å²) in [7, 11) is 3.96. The fraction of sp³-hybridized carbons (Fsp3) is 0.161. The van der Waals surface area contributed by atoms with E-state index in [2.05, 4.69) is 20.6 Å². The summed E-state index contributed by atoms with van der Waals surface area (Å²) in [6.07, 6.45) is 2.80. The highest BCUT2D eigenvalue weighted by molar-refractivity contribution is 6.13. The number of carbonyl (C=O) groups is 2. The number of pyridine rings is 2. The number of aromatic amines is 1. The number of nitrogens with zero attached hydrogens (tertiary/aromatic N) is 2. The van der Waals surface area contributed by atoms with Crippen LogP contribution in [-0.4, -0.2) is 47.2 Å². The number of rotatable bonds is 9. The number of Topliss-reactive ketones (excluding diaryl/α,β-unsaturated/α-hetero) is 1. The number of hydrogen-bond donors (Lipinski definition) is 3. The highest BCUT2D eigenvalue weighted by atomic mass is 16.1. The number of carbonyl (C=O) groups excluding carboxylic acids is 2. The van der Waals surface area contributed by atoms with E-state index >= 15 is 0 Å². The van der Waals surface area contributed by atoms with Gasteiger partial charge < -0.3 is 20.5 Å². The molecule has 5 rings (SSSR count). The van der Waals surface area contributed by atoms with Gasteiger partial charge in [-0.2, -0.15) is 0 Å². The molecule has 0 spiro atoms. The molecule has 8 heteroatoms. The molecule has 0 unspecified atom stereocenters. The Hall–Kier alpha value is -4.82. The summed E-state index contributed by atoms with van der Waals surface area (Å²) in [4.78, 5) is 47.6. The van der Waals surface area contributed by atoms with Crippen LogP contribution in [-0.2, 0) is 0 Å². The molecule has 196 valence electrons. The van der Waals surface area contributed by atoms with Gasteiger partial charge in [0.1, 0.15) is 5.65 Å². The van der Waals surface area contributed by atoms with E-state index in [4.69, 9.17) is 0 Å². The van der Waals surface area contributed by atoms with E-state index in [1.54, 1.807) is 36.5 Å². The monoisotopic (exact) mass is 519 g/mol. The molecule has 0 bridgehead atoms. The van der Waals surface area contributed by atoms with Crippen molar-refractivity contribution in [1.29, 1.82) is 0 Å². The molecule has 8 nitrogen and oxygen atoms in total. The molecule has 0 saturated heterocycles. The molecular weight excluding hydrogens is 490 g/mol. The number of ketones is 1. The van der Waals surface area contributed by atoms with Crippen LogP contribution in [0.1, 0.15) is 33.6 Å². The first-order chi connectivity index (χ1) is 18.9. The van der Waals surface area contributed by atoms with Crippen molar-refractivity contribution in [3.63, 3.8) is 0 Å². The lowest BCUT2D eigenvalue weighted by atomic mass is 10.00. The zero-order valence-corrected chi connectivity index (χ0v) is 21.8. The molecule has 2 heterocycles. The van der Waals surface area contributed by atoms with E-state index in [0.717, 1.165) is 18.7 Å². The van der Waals surface area contributed by atoms with Gasteiger partial charge in [0.2, 0.25) is 0 Å². The zero-order chi connectivity index (χ0) is 27.4. The van der Waals surface area contributed by atoms with Crippen molar-refractivity contribution < 1.29 is 9.59 Å². The van der Waals surface area contributed by atoms with Crippen molar-refractivity contribution in [2.24, 2.45) is 0 Å². The number of fused-ring (bicyclic) bond motifs is 3. The second-order valence-corrected chi connectivity index (χ2v) is 9.65. The average Bonchev–Trinajstić information content (AvgIpc) is 2.93. The van der Waals surface area contributed by atoms with E-state index in [-0.39, 0.29) is 17.2 Å². The van der Waals surface area contributed by atoms with Crippen LogP contribution in [0.4, 0.5) is 17.1 Å². The number of nitrogens with one attached hydrogen (secondary N) is 3. The number of benzene rings is 3. The second kappa shape index (κ2) is 11.3. The van der Waals surface area contributed by atoms with Crippen LogP contribution in [0.3, 0.4) is 0 Å². The second-order valence-electron chi connectivity index (χ2n) is 9.65. The summed E-state index contributed by atoms with van der Waals surface area (Å²) in [6.45, 7) is 0.824. The maximum Gasteiger partial charge on any atom is 0.257 e. The summed E-state index contributed by atoms with van der Waals surface area (Å²) < 4.78 is 0. The van der Waals surface area contributed by atoms with Gasteiger partial charge in [0.25, 0.3) is 11.5 Å². The van der Waals surface area contributed by atoms with Crippen LogP contribution in [0.2, 0.25) is 0 Å². The normalized spacial score (nSPS) is 11.2. The first kappa shape index (κ1) is 25.8. The average molecular weight is 520 g/mol. The summed E-state index contributed by atoms with van der Waals surface area (Å²) in [5.41, 5.74) is 3.37. The molecule has 5 aromatic rings. The van der Waals surface area contributed by atoms with Crippen molar-refractivity contribution in [3.8, 4) is 0 Å². The van der Waals surface area contributed by atoms with Crippen LogP contribution in [0.15, 0.2) is 89.9 Å². The minimum Gasteiger partial charge on any atom is -0.355 e. The van der Waals surface area contributed by atoms with Gasteiger partial charge in [-0.1, -0.05) is 30.3 Å². The molecule has 2 aromatic heterocycles. The minimum atomic E-state index is -0.264. The Bertz CT molecular complexity index is 1730. The minimum absolute atomic E-state index is 0.0347. The lowest BCUT2D eigenvalue weighted by molar-refractivity contribution is 0.0976. The molecule has 0 fully saturated rings. The first-order valence-electron chi connectivity index (χ1n) is 12.8. The molecule has 3 N–H and O–H groups in total. The van der Waals surface area contributed by atoms with Crippen LogP contribution < -0.4 is 16.2 Å². The van der Waals surface area contributed by atoms with Gasteiger partial charge in [0, 0.05) is 51.3 Å². The van der Waals surface area contributed by atoms with Gasteiger partial charge in [-0.25, -0.2) is 4.98 Å². The topological polar surface area (TPSA) is 107 Å². The first-order valence-corrected chi connectivity index (χ1v) is 12.8. The van der Waals surface area contributed by atoms with E-state index in [1.165, 1.54) is 0 Å². The number of hydrogen-bond acceptors (Lipinski definition) is 6. The highest BCUT2D eigenvalue weighted by Crippen LogP contribution is 2.31. The molecule has 1 amide bonds. The fourth-order valence-corrected chi connectivity index (χ4v) is 4.55. The molecule has 0 aliphatic heterocycles. The summed E-state index contributed by atoms with van der Waals surface area (Å²) in [5.74, 6) is -0.166. The Balaban J connectivity index is 1.49. The zero-order valence-electron chi connectivity index (χ0n) is 21.8. The van der Waals surface area contributed by atoms with E-state index < -0.39 is 0 Å². The molecule has 0 aliphatic rings. The smallest absolute Gasteiger partial charge is 0.257 e. The van der Waals surface area contributed by atoms with E-state index in [1.807, 2.05) is 67.5 Å². The molecule has 0 aliphatic carbocycles. The summed E-state index contributed by atoms with van der Waals surface area (Å²) in [6, 6.07) is 23.4. The maximum atomic E-state index is 12.9. The van der Waals surface area contributed by atoms with Crippen LogP contribution in [0, 0.1) is 0 Å². The van der Waals surface area contributed by atoms with Crippen LogP contribution in [0.5, 0.6) is 0 Å². The Labute approximate surface area is 225 Å². The van der Waals surface area contributed by atoms with Gasteiger partial charge >= 0.3 is 0 Å². The molecule has 3 aromatic carbocycles. The van der Waals surface area contributed by atoms with Gasteiger partial charge in [0.05, 0.1) is 5.69 Å². The van der Waals surface area contributed by atoms with Crippen LogP contribution >= 0.6 is 0 Å². The van der Waals surface area contributed by atoms with Gasteiger partial charge in [-0.05, 0) is 75.6 Å². The molecule has 0 saturated carbocycles. The lowest BCUT2D eigenvalue weighted by Crippen LogP contribution is -2.14. The molecule has 0 radical (unpaired) electrons. The largest absolute Gasteiger partial charge is 0.355 e. The van der Waals surface area contributed by atoms with Crippen molar-refractivity contribution >= 4 is 50.6 Å². The van der Waals surface area contributed by atoms with Crippen molar-refractivity contribution in [2.75, 3.05) is 31.3 Å². The van der Waals surface area contributed by atoms with Gasteiger partial charge in [0.15, 0.2) is 5.78 Å². The summed E-state index contributed by atoms with van der Waals surface area (Å²) >= 11 is 0. The SMILES string of the molecule is CN(C)CCCC(=O)c1ccc2c(=O)[nH]c3nccc(Nc4cccc(NC(=O)c5ccccc5)c4)c3c2c1. The fourth-order valence-electron chi connectivity index (χ4n) is 4.55. The van der Waals surface area contributed by atoms with Crippen molar-refractivity contribution in [3.05, 3.63) is 107 Å². The highest BCUT2D eigenvalue weighted by Gasteiger charge is 2.14. The lowest BCUT2D eigenvalue weighted by Gasteiger charge is -2.13. The number of amides is 1. The Kier molecular flexibility index (Phi) is 7.47. The third kappa shape index (κ3) is 5.86. The number of anilines is 3. The standard InChI is InChI=1S/C31H29N5O3/c1-36(2)17-7-12-27(37)21-13-14-24-25(18-21)28-26(15-16-32-29(28)35-31(24)39)33-22-10-6-11-23(19-22)34-30(38)20-8-4-3-5-9-20/h3-6,8-11,13-16,18-19H,7,12,17H2,1-2H3,(H,34,38)(H2,32,33,35,39). The van der Waals surface area contributed by atoms with E-state index in [0.29, 0.717) is 50.7 Å². The van der Waals surface area contributed by atoms with Crippen molar-refractivity contribution in [1.82, 2.24) is 14.9 Å². The summed E-state index contributed by atoms with van der Waals surface area (Å²) in [5, 5.41) is 8.16. The van der Waals surface area contributed by atoms with Crippen molar-refractivity contribution in [2.45, 2.75) is 12.8 Å². The number of H-pyrrole nitrogens is 1. The van der Waals surface area contributed by atoms with Gasteiger partial charge in [-0.15, -0.1) is 0 Å². The third-order valence-electron chi connectivity index (χ3n) is 6.48. The molecule has 39 heavy (non-hydrogen) atoms. The Morgan fingerprint density at radius 2 is 1.67 bits per heavy atom. The maximum absolute atomic E-state index is 12.9. The van der Waals surface area contributed by atoms with E-state index in [9.17, 15) is 14.4 Å². The molecular formula is C31H29N5O3. The third-order valence-corrected chi connectivity index (χ3v) is 6.48.